The average molecular weight is 467 g/mol. The number of aromatic nitrogens is 2. The maximum atomic E-state index is 12.3. The molecule has 5 rings (SSSR count). The van der Waals surface area contributed by atoms with Crippen LogP contribution in [0.1, 0.15) is 29.0 Å². The van der Waals surface area contributed by atoms with Gasteiger partial charge in [0, 0.05) is 31.7 Å². The Kier molecular flexibility index (Phi) is 6.23. The largest absolute Gasteiger partial charge is 0.492 e. The summed E-state index contributed by atoms with van der Waals surface area (Å²) in [5.74, 6) is 1.22. The van der Waals surface area contributed by atoms with E-state index < -0.39 is 10.0 Å². The van der Waals surface area contributed by atoms with E-state index in [2.05, 4.69) is 57.1 Å². The molecular formula is C25H30N4O3S. The molecule has 0 amide bonds. The van der Waals surface area contributed by atoms with E-state index in [0.717, 1.165) is 18.6 Å². The summed E-state index contributed by atoms with van der Waals surface area (Å²) < 4.78 is 34.7. The zero-order valence-electron chi connectivity index (χ0n) is 18.9. The zero-order valence-corrected chi connectivity index (χ0v) is 19.7. The topological polar surface area (TPSA) is 76.5 Å². The number of imidazole rings is 1. The van der Waals surface area contributed by atoms with Gasteiger partial charge in [-0.25, -0.2) is 18.1 Å². The predicted octanol–water partition coefficient (Wildman–Crippen LogP) is 2.73. The van der Waals surface area contributed by atoms with E-state index >= 15 is 0 Å². The summed E-state index contributed by atoms with van der Waals surface area (Å²) in [6.45, 7) is 2.80. The van der Waals surface area contributed by atoms with E-state index in [1.165, 1.54) is 48.7 Å². The summed E-state index contributed by atoms with van der Waals surface area (Å²) >= 11 is 0. The van der Waals surface area contributed by atoms with Gasteiger partial charge >= 0.3 is 0 Å². The van der Waals surface area contributed by atoms with Crippen molar-refractivity contribution in [2.75, 3.05) is 26.2 Å². The van der Waals surface area contributed by atoms with E-state index in [9.17, 15) is 8.42 Å². The third-order valence-corrected chi connectivity index (χ3v) is 8.03. The van der Waals surface area contributed by atoms with Gasteiger partial charge in [-0.3, -0.25) is 4.90 Å². The summed E-state index contributed by atoms with van der Waals surface area (Å²) in [7, 11) is -1.89. The number of aryl methyl sites for hydroxylation is 1. The van der Waals surface area contributed by atoms with Crippen LogP contribution in [0.25, 0.3) is 0 Å². The van der Waals surface area contributed by atoms with Crippen molar-refractivity contribution in [1.82, 2.24) is 19.2 Å². The van der Waals surface area contributed by atoms with Crippen molar-refractivity contribution in [3.63, 3.8) is 0 Å². The molecule has 2 aliphatic rings. The second-order valence-corrected chi connectivity index (χ2v) is 10.7. The van der Waals surface area contributed by atoms with Crippen LogP contribution in [0.2, 0.25) is 0 Å². The van der Waals surface area contributed by atoms with E-state index in [4.69, 9.17) is 4.74 Å². The number of fused-ring (bicyclic) bond motifs is 1. The molecule has 2 heterocycles. The van der Waals surface area contributed by atoms with E-state index in [1.807, 2.05) is 6.07 Å². The highest BCUT2D eigenvalue weighted by molar-refractivity contribution is 7.89. The minimum Gasteiger partial charge on any atom is -0.492 e. The molecule has 1 saturated heterocycles. The number of rotatable bonds is 9. The Labute approximate surface area is 195 Å². The molecule has 0 radical (unpaired) electrons. The predicted molar refractivity (Wildman–Crippen MR) is 127 cm³/mol. The first kappa shape index (κ1) is 22.1. The lowest BCUT2D eigenvalue weighted by molar-refractivity contribution is 0.106. The smallest absolute Gasteiger partial charge is 0.259 e. The average Bonchev–Trinajstić information content (AvgIpc) is 3.36. The zero-order chi connectivity index (χ0) is 22.8. The van der Waals surface area contributed by atoms with Crippen molar-refractivity contribution in [2.45, 2.75) is 36.2 Å². The number of hydrogen-bond acceptors (Lipinski definition) is 5. The minimum absolute atomic E-state index is 0.0170. The number of benzene rings is 2. The van der Waals surface area contributed by atoms with Crippen LogP contribution in [-0.4, -0.2) is 55.2 Å². The first-order chi connectivity index (χ1) is 16.0. The fourth-order valence-corrected chi connectivity index (χ4v) is 5.88. The lowest BCUT2D eigenvalue weighted by Crippen LogP contribution is -2.47. The van der Waals surface area contributed by atoms with Gasteiger partial charge in [-0.2, -0.15) is 0 Å². The molecule has 1 aromatic heterocycles. The molecule has 2 unspecified atom stereocenters. The summed E-state index contributed by atoms with van der Waals surface area (Å²) in [6.07, 6.45) is 6.33. The first-order valence-electron chi connectivity index (χ1n) is 11.5. The molecule has 0 saturated carbocycles. The standard InChI is InChI=1S/C25H30N4O3S/c1-28-17-25(26-18-28)33(30,31)27-10-13-32-21-9-8-20-15-24(29-11-5-12-29)23(22(20)16-21)14-19-6-3-2-4-7-19/h2-4,6-9,16-18,23-24,27H,5,10-15H2,1H3. The Balaban J connectivity index is 1.25. The second-order valence-electron chi connectivity index (χ2n) is 8.94. The molecule has 33 heavy (non-hydrogen) atoms. The van der Waals surface area contributed by atoms with Crippen molar-refractivity contribution in [3.8, 4) is 5.75 Å². The second kappa shape index (κ2) is 9.29. The van der Waals surface area contributed by atoms with Crippen molar-refractivity contribution >= 4 is 10.0 Å². The van der Waals surface area contributed by atoms with Crippen LogP contribution in [0.4, 0.5) is 0 Å². The van der Waals surface area contributed by atoms with Gasteiger partial charge in [0.1, 0.15) is 12.4 Å². The Morgan fingerprint density at radius 3 is 2.67 bits per heavy atom. The number of hydrogen-bond donors (Lipinski definition) is 1. The van der Waals surface area contributed by atoms with E-state index in [1.54, 1.807) is 11.6 Å². The molecule has 8 heteroatoms. The quantitative estimate of drug-likeness (QED) is 0.491. The molecule has 1 aliphatic carbocycles. The lowest BCUT2D eigenvalue weighted by Gasteiger charge is -2.39. The van der Waals surface area contributed by atoms with Crippen LogP contribution in [0.5, 0.6) is 5.75 Å². The fourth-order valence-electron chi connectivity index (χ4n) is 4.89. The Morgan fingerprint density at radius 2 is 1.97 bits per heavy atom. The van der Waals surface area contributed by atoms with Crippen molar-refractivity contribution in [1.29, 1.82) is 0 Å². The Bertz CT molecular complexity index is 1210. The SMILES string of the molecule is Cn1cnc(S(=O)(=O)NCCOc2ccc3c(c2)C(Cc2ccccc2)C(N2CCC2)C3)c1. The van der Waals surface area contributed by atoms with Crippen LogP contribution < -0.4 is 9.46 Å². The fraction of sp³-hybridized carbons (Fsp3) is 0.400. The molecule has 7 nitrogen and oxygen atoms in total. The maximum absolute atomic E-state index is 12.3. The summed E-state index contributed by atoms with van der Waals surface area (Å²) in [5.41, 5.74) is 4.12. The molecule has 3 aromatic rings. The van der Waals surface area contributed by atoms with Gasteiger partial charge in [0.15, 0.2) is 5.03 Å². The summed E-state index contributed by atoms with van der Waals surface area (Å²) in [5, 5.41) is 0.0170. The van der Waals surface area contributed by atoms with Gasteiger partial charge in [-0.05, 0) is 61.2 Å². The third kappa shape index (κ3) is 4.83. The van der Waals surface area contributed by atoms with Crippen LogP contribution in [-0.2, 0) is 29.9 Å². The molecule has 0 spiro atoms. The van der Waals surface area contributed by atoms with Crippen molar-refractivity contribution < 1.29 is 13.2 Å². The molecule has 0 bridgehead atoms. The molecule has 174 valence electrons. The number of sulfonamides is 1. The number of nitrogens with zero attached hydrogens (tertiary/aromatic N) is 3. The molecule has 1 aliphatic heterocycles. The van der Waals surface area contributed by atoms with E-state index in [0.29, 0.717) is 12.0 Å². The van der Waals surface area contributed by atoms with Crippen LogP contribution in [0.15, 0.2) is 66.1 Å². The summed E-state index contributed by atoms with van der Waals surface area (Å²) in [6, 6.07) is 17.6. The third-order valence-electron chi connectivity index (χ3n) is 6.69. The van der Waals surface area contributed by atoms with Crippen LogP contribution in [0, 0.1) is 0 Å². The Hall–Kier alpha value is -2.68. The molecule has 1 fully saturated rings. The van der Waals surface area contributed by atoms with Gasteiger partial charge in [0.05, 0.1) is 6.33 Å². The maximum Gasteiger partial charge on any atom is 0.259 e. The monoisotopic (exact) mass is 466 g/mol. The van der Waals surface area contributed by atoms with Crippen molar-refractivity contribution in [3.05, 3.63) is 77.7 Å². The highest BCUT2D eigenvalue weighted by Gasteiger charge is 2.38. The molecular weight excluding hydrogens is 436 g/mol. The van der Waals surface area contributed by atoms with Crippen LogP contribution in [0.3, 0.4) is 0 Å². The highest BCUT2D eigenvalue weighted by atomic mass is 32.2. The van der Waals surface area contributed by atoms with Gasteiger partial charge < -0.3 is 9.30 Å². The van der Waals surface area contributed by atoms with Gasteiger partial charge in [-0.15, -0.1) is 0 Å². The molecule has 2 atom stereocenters. The number of ether oxygens (including phenoxy) is 1. The lowest BCUT2D eigenvalue weighted by atomic mass is 9.89. The number of likely N-dealkylation sites (tertiary alicyclic amines) is 1. The summed E-state index contributed by atoms with van der Waals surface area (Å²) in [4.78, 5) is 6.52. The Morgan fingerprint density at radius 1 is 1.15 bits per heavy atom. The first-order valence-corrected chi connectivity index (χ1v) is 13.0. The normalized spacial score (nSPS) is 20.4. The highest BCUT2D eigenvalue weighted by Crippen LogP contribution is 2.41. The van der Waals surface area contributed by atoms with Gasteiger partial charge in [0.25, 0.3) is 10.0 Å². The minimum atomic E-state index is -3.63. The van der Waals surface area contributed by atoms with E-state index in [-0.39, 0.29) is 18.2 Å². The number of nitrogens with one attached hydrogen (secondary N) is 1. The van der Waals surface area contributed by atoms with Crippen LogP contribution >= 0.6 is 0 Å². The van der Waals surface area contributed by atoms with Gasteiger partial charge in [0.2, 0.25) is 0 Å². The van der Waals surface area contributed by atoms with Gasteiger partial charge in [-0.1, -0.05) is 36.4 Å². The molecule has 1 N–H and O–H groups in total. The molecule has 2 aromatic carbocycles. The van der Waals surface area contributed by atoms with Crippen molar-refractivity contribution in [2.24, 2.45) is 7.05 Å².